The van der Waals surface area contributed by atoms with E-state index >= 15 is 0 Å². The van der Waals surface area contributed by atoms with Crippen LogP contribution < -0.4 is 5.32 Å². The molecule has 104 valence electrons. The van der Waals surface area contributed by atoms with Crippen molar-refractivity contribution in [3.63, 3.8) is 0 Å². The third kappa shape index (κ3) is 2.62. The monoisotopic (exact) mass is 341 g/mol. The molecule has 0 saturated heterocycles. The Morgan fingerprint density at radius 2 is 1.62 bits per heavy atom. The number of halogens is 1. The van der Waals surface area contributed by atoms with Crippen LogP contribution in [0.15, 0.2) is 65.1 Å². The zero-order valence-electron chi connectivity index (χ0n) is 11.0. The molecule has 3 nitrogen and oxygen atoms in total. The quantitative estimate of drug-likeness (QED) is 0.717. The summed E-state index contributed by atoms with van der Waals surface area (Å²) in [6, 6.07) is 17.9. The first-order valence-corrected chi connectivity index (χ1v) is 7.23. The highest BCUT2D eigenvalue weighted by atomic mass is 79.9. The summed E-state index contributed by atoms with van der Waals surface area (Å²) in [6.45, 7) is 0. The summed E-state index contributed by atoms with van der Waals surface area (Å²) in [5, 5.41) is 14.3. The Bertz CT molecular complexity index is 830. The second-order valence-corrected chi connectivity index (χ2v) is 5.47. The first kappa shape index (κ1) is 13.6. The van der Waals surface area contributed by atoms with Gasteiger partial charge in [0.1, 0.15) is 5.75 Å². The Morgan fingerprint density at radius 3 is 2.43 bits per heavy atom. The molecule has 0 bridgehead atoms. The minimum absolute atomic E-state index is 0.196. The van der Waals surface area contributed by atoms with Gasteiger partial charge in [-0.3, -0.25) is 4.79 Å². The Hall–Kier alpha value is -2.33. The van der Waals surface area contributed by atoms with Crippen molar-refractivity contribution in [2.24, 2.45) is 0 Å². The highest BCUT2D eigenvalue weighted by molar-refractivity contribution is 9.10. The maximum atomic E-state index is 12.4. The molecule has 0 spiro atoms. The number of anilines is 1. The number of carbonyl (C=O) groups is 1. The molecule has 0 unspecified atom stereocenters. The van der Waals surface area contributed by atoms with Gasteiger partial charge in [0.2, 0.25) is 0 Å². The highest BCUT2D eigenvalue weighted by Crippen LogP contribution is 2.30. The van der Waals surface area contributed by atoms with Gasteiger partial charge in [-0.2, -0.15) is 0 Å². The third-order valence-electron chi connectivity index (χ3n) is 3.27. The van der Waals surface area contributed by atoms with Gasteiger partial charge >= 0.3 is 0 Å². The van der Waals surface area contributed by atoms with Crippen molar-refractivity contribution < 1.29 is 9.90 Å². The summed E-state index contributed by atoms with van der Waals surface area (Å²) in [7, 11) is 0. The summed E-state index contributed by atoms with van der Waals surface area (Å²) < 4.78 is 0.741. The van der Waals surface area contributed by atoms with E-state index in [4.69, 9.17) is 0 Å². The lowest BCUT2D eigenvalue weighted by atomic mass is 10.1. The van der Waals surface area contributed by atoms with Crippen molar-refractivity contribution in [1.82, 2.24) is 0 Å². The van der Waals surface area contributed by atoms with Gasteiger partial charge in [0.15, 0.2) is 0 Å². The number of hydrogen-bond donors (Lipinski definition) is 2. The maximum absolute atomic E-state index is 12.4. The first-order chi connectivity index (χ1) is 10.2. The molecular formula is C17H12BrNO2. The van der Waals surface area contributed by atoms with E-state index < -0.39 is 0 Å². The smallest absolute Gasteiger partial charge is 0.256 e. The minimum Gasteiger partial charge on any atom is -0.507 e. The van der Waals surface area contributed by atoms with Crippen molar-refractivity contribution >= 4 is 38.3 Å². The number of hydrogen-bond acceptors (Lipinski definition) is 2. The van der Waals surface area contributed by atoms with Crippen LogP contribution in [0.5, 0.6) is 5.75 Å². The number of nitrogens with one attached hydrogen (secondary N) is 1. The molecule has 0 aliphatic heterocycles. The van der Waals surface area contributed by atoms with E-state index in [0.29, 0.717) is 16.6 Å². The van der Waals surface area contributed by atoms with Gasteiger partial charge in [-0.25, -0.2) is 0 Å². The number of aromatic hydroxyl groups is 1. The summed E-state index contributed by atoms with van der Waals surface area (Å²) in [4.78, 5) is 12.4. The van der Waals surface area contributed by atoms with Crippen molar-refractivity contribution in [3.05, 3.63) is 70.7 Å². The largest absolute Gasteiger partial charge is 0.507 e. The van der Waals surface area contributed by atoms with Gasteiger partial charge in [-0.05, 0) is 40.2 Å². The molecule has 0 radical (unpaired) electrons. The van der Waals surface area contributed by atoms with E-state index in [1.165, 1.54) is 0 Å². The van der Waals surface area contributed by atoms with Crippen molar-refractivity contribution in [3.8, 4) is 5.75 Å². The van der Waals surface area contributed by atoms with Crippen LogP contribution in [0, 0.1) is 0 Å². The van der Waals surface area contributed by atoms with Gasteiger partial charge in [-0.1, -0.05) is 36.4 Å². The fourth-order valence-corrected chi connectivity index (χ4v) is 2.70. The van der Waals surface area contributed by atoms with E-state index in [0.717, 1.165) is 9.86 Å². The van der Waals surface area contributed by atoms with Crippen molar-refractivity contribution in [2.45, 2.75) is 0 Å². The average molecular weight is 342 g/mol. The lowest BCUT2D eigenvalue weighted by molar-refractivity contribution is 0.102. The van der Waals surface area contributed by atoms with Crippen LogP contribution in [0.4, 0.5) is 5.69 Å². The number of phenols is 1. The van der Waals surface area contributed by atoms with E-state index in [1.807, 2.05) is 36.4 Å². The van der Waals surface area contributed by atoms with Crippen LogP contribution >= 0.6 is 15.9 Å². The number of benzene rings is 3. The highest BCUT2D eigenvalue weighted by Gasteiger charge is 2.11. The van der Waals surface area contributed by atoms with Crippen LogP contribution in [-0.4, -0.2) is 11.0 Å². The van der Waals surface area contributed by atoms with Gasteiger partial charge < -0.3 is 10.4 Å². The molecule has 3 aromatic carbocycles. The molecule has 0 atom stereocenters. The summed E-state index contributed by atoms with van der Waals surface area (Å²) in [6.07, 6.45) is 0. The van der Waals surface area contributed by atoms with Crippen LogP contribution in [0.1, 0.15) is 10.4 Å². The Labute approximate surface area is 130 Å². The predicted molar refractivity (Wildman–Crippen MR) is 87.7 cm³/mol. The van der Waals surface area contributed by atoms with Crippen molar-refractivity contribution in [1.29, 1.82) is 0 Å². The summed E-state index contributed by atoms with van der Waals surface area (Å²) in [5.41, 5.74) is 1.24. The van der Waals surface area contributed by atoms with Gasteiger partial charge in [0.25, 0.3) is 5.91 Å². The third-order valence-corrected chi connectivity index (χ3v) is 3.96. The molecule has 4 heteroatoms. The van der Waals surface area contributed by atoms with Gasteiger partial charge in [0, 0.05) is 20.9 Å². The van der Waals surface area contributed by atoms with Crippen LogP contribution in [0.25, 0.3) is 10.8 Å². The Morgan fingerprint density at radius 1 is 0.905 bits per heavy atom. The van der Waals surface area contributed by atoms with Crippen LogP contribution in [0.3, 0.4) is 0 Å². The maximum Gasteiger partial charge on any atom is 0.256 e. The second kappa shape index (κ2) is 5.58. The topological polar surface area (TPSA) is 49.3 Å². The standard InChI is InChI=1S/C17H12BrNO2/c18-14-8-2-1-5-13(14)17(21)19-15-9-3-7-12-11(15)6-4-10-16(12)20/h1-10,20H,(H,19,21). The molecule has 3 rings (SSSR count). The lowest BCUT2D eigenvalue weighted by Gasteiger charge is -2.10. The van der Waals surface area contributed by atoms with Crippen LogP contribution in [-0.2, 0) is 0 Å². The Kier molecular flexibility index (Phi) is 3.62. The van der Waals surface area contributed by atoms with E-state index in [2.05, 4.69) is 21.2 Å². The molecule has 1 amide bonds. The Balaban J connectivity index is 2.01. The van der Waals surface area contributed by atoms with E-state index in [9.17, 15) is 9.90 Å². The van der Waals surface area contributed by atoms with Crippen LogP contribution in [0.2, 0.25) is 0 Å². The molecule has 0 heterocycles. The zero-order chi connectivity index (χ0) is 14.8. The molecule has 0 aromatic heterocycles. The molecule has 0 saturated carbocycles. The summed E-state index contributed by atoms with van der Waals surface area (Å²) >= 11 is 3.37. The number of phenolic OH excluding ortho intramolecular Hbond substituents is 1. The number of rotatable bonds is 2. The van der Waals surface area contributed by atoms with Gasteiger partial charge in [0.05, 0.1) is 5.56 Å². The first-order valence-electron chi connectivity index (χ1n) is 6.43. The molecule has 2 N–H and O–H groups in total. The van der Waals surface area contributed by atoms with Gasteiger partial charge in [-0.15, -0.1) is 0 Å². The molecule has 3 aromatic rings. The molecule has 0 fully saturated rings. The molecule has 21 heavy (non-hydrogen) atoms. The minimum atomic E-state index is -0.196. The lowest BCUT2D eigenvalue weighted by Crippen LogP contribution is -2.12. The fraction of sp³-hybridized carbons (Fsp3) is 0. The zero-order valence-corrected chi connectivity index (χ0v) is 12.6. The predicted octanol–water partition coefficient (Wildman–Crippen LogP) is 4.56. The van der Waals surface area contributed by atoms with Crippen molar-refractivity contribution in [2.75, 3.05) is 5.32 Å². The number of amides is 1. The fourth-order valence-electron chi connectivity index (χ4n) is 2.24. The average Bonchev–Trinajstić information content (AvgIpc) is 2.49. The second-order valence-electron chi connectivity index (χ2n) is 4.61. The number of carbonyl (C=O) groups excluding carboxylic acids is 1. The van der Waals surface area contributed by atoms with E-state index in [-0.39, 0.29) is 11.7 Å². The van der Waals surface area contributed by atoms with E-state index in [1.54, 1.807) is 24.3 Å². The normalized spacial score (nSPS) is 10.5. The number of fused-ring (bicyclic) bond motifs is 1. The SMILES string of the molecule is O=C(Nc1cccc2c(O)cccc12)c1ccccc1Br. The molecular weight excluding hydrogens is 330 g/mol. The molecule has 0 aliphatic carbocycles. The summed E-state index contributed by atoms with van der Waals surface area (Å²) in [5.74, 6) is 0.00260. The molecule has 0 aliphatic rings.